The van der Waals surface area contributed by atoms with Crippen molar-refractivity contribution in [1.82, 2.24) is 10.1 Å². The van der Waals surface area contributed by atoms with Crippen molar-refractivity contribution < 1.29 is 19.2 Å². The smallest absolute Gasteiger partial charge is 0.244 e. The first-order valence-electron chi connectivity index (χ1n) is 8.64. The summed E-state index contributed by atoms with van der Waals surface area (Å²) in [6, 6.07) is 1.71. The zero-order valence-electron chi connectivity index (χ0n) is 14.6. The van der Waals surface area contributed by atoms with Gasteiger partial charge in [-0.05, 0) is 19.3 Å². The van der Waals surface area contributed by atoms with Crippen molar-refractivity contribution in [2.24, 2.45) is 0 Å². The molecule has 0 radical (unpaired) electrons. The van der Waals surface area contributed by atoms with Crippen molar-refractivity contribution in [3.63, 3.8) is 0 Å². The van der Waals surface area contributed by atoms with Crippen LogP contribution in [-0.2, 0) is 14.9 Å². The van der Waals surface area contributed by atoms with Crippen LogP contribution < -0.4 is 5.32 Å². The largest absolute Gasteiger partial charge is 0.392 e. The fraction of sp³-hybridized carbons (Fsp3) is 0.765. The van der Waals surface area contributed by atoms with Gasteiger partial charge in [0.1, 0.15) is 0 Å². The molecule has 1 aromatic rings. The van der Waals surface area contributed by atoms with Crippen LogP contribution >= 0.6 is 0 Å². The zero-order chi connectivity index (χ0) is 17.3. The number of carbonyl (C=O) groups is 1. The Morgan fingerprint density at radius 3 is 2.71 bits per heavy atom. The molecule has 2 aliphatic heterocycles. The lowest BCUT2D eigenvalue weighted by atomic mass is 9.92. The maximum atomic E-state index is 12.7. The van der Waals surface area contributed by atoms with Gasteiger partial charge >= 0.3 is 0 Å². The quantitative estimate of drug-likeness (QED) is 0.869. The molecule has 2 fully saturated rings. The van der Waals surface area contributed by atoms with E-state index >= 15 is 0 Å². The van der Waals surface area contributed by atoms with Crippen molar-refractivity contribution >= 4 is 11.8 Å². The Hall–Kier alpha value is -1.44. The van der Waals surface area contributed by atoms with Crippen LogP contribution in [0.1, 0.15) is 45.7 Å². The van der Waals surface area contributed by atoms with E-state index in [0.29, 0.717) is 32.1 Å². The lowest BCUT2D eigenvalue weighted by molar-refractivity contribution is -0.121. The van der Waals surface area contributed by atoms with Crippen molar-refractivity contribution in [2.75, 3.05) is 25.1 Å². The highest BCUT2D eigenvalue weighted by atomic mass is 16.5. The van der Waals surface area contributed by atoms with Crippen LogP contribution in [0.3, 0.4) is 0 Å². The predicted octanol–water partition coefficient (Wildman–Crippen LogP) is 1.52. The van der Waals surface area contributed by atoms with E-state index in [2.05, 4.69) is 15.4 Å². The van der Waals surface area contributed by atoms with Gasteiger partial charge < -0.3 is 14.4 Å². The number of rotatable bonds is 3. The molecule has 2 atom stereocenters. The first-order valence-corrected chi connectivity index (χ1v) is 8.64. The maximum Gasteiger partial charge on any atom is 0.244 e. The Morgan fingerprint density at radius 1 is 1.38 bits per heavy atom. The molecular formula is C17H27N3O4. The van der Waals surface area contributed by atoms with Crippen LogP contribution in [0.4, 0.5) is 5.88 Å². The first-order chi connectivity index (χ1) is 11.3. The topological polar surface area (TPSA) is 87.8 Å². The average molecular weight is 337 g/mol. The number of ether oxygens (including phenoxy) is 1. The zero-order valence-corrected chi connectivity index (χ0v) is 14.6. The van der Waals surface area contributed by atoms with Crippen molar-refractivity contribution in [2.45, 2.75) is 63.6 Å². The van der Waals surface area contributed by atoms with Gasteiger partial charge in [0.2, 0.25) is 11.8 Å². The standard InChI is InChI=1S/C17H27N3O4/c1-17(2,3)14-9-15(24-19-14)18-16(22)13-8-12(21)10-20(13)11-4-6-23-7-5-11/h9,11-13,21H,4-8,10H2,1-3H3,(H,18,22)/t12-,13+/m1/s1. The van der Waals surface area contributed by atoms with Crippen LogP contribution in [0.15, 0.2) is 10.6 Å². The van der Waals surface area contributed by atoms with Crippen molar-refractivity contribution in [1.29, 1.82) is 0 Å². The molecule has 24 heavy (non-hydrogen) atoms. The number of nitrogens with one attached hydrogen (secondary N) is 1. The molecule has 0 aromatic carbocycles. The van der Waals surface area contributed by atoms with Gasteiger partial charge in [0.15, 0.2) is 0 Å². The SMILES string of the molecule is CC(C)(C)c1cc(NC(=O)[C@@H]2C[C@@H](O)CN2C2CCOCC2)on1. The molecular weight excluding hydrogens is 310 g/mol. The van der Waals surface area contributed by atoms with E-state index in [0.717, 1.165) is 18.5 Å². The normalized spacial score (nSPS) is 26.7. The molecule has 7 heteroatoms. The van der Waals surface area contributed by atoms with Crippen molar-refractivity contribution in [3.05, 3.63) is 11.8 Å². The van der Waals surface area contributed by atoms with Gasteiger partial charge in [0.25, 0.3) is 0 Å². The van der Waals surface area contributed by atoms with Crippen LogP contribution in [-0.4, -0.2) is 59.0 Å². The third-order valence-electron chi connectivity index (χ3n) is 4.80. The van der Waals surface area contributed by atoms with Gasteiger partial charge in [0.05, 0.1) is 17.8 Å². The third kappa shape index (κ3) is 3.79. The number of nitrogens with zero attached hydrogens (tertiary/aromatic N) is 2. The van der Waals surface area contributed by atoms with Crippen LogP contribution in [0.25, 0.3) is 0 Å². The number of anilines is 1. The summed E-state index contributed by atoms with van der Waals surface area (Å²) >= 11 is 0. The number of hydrogen-bond donors (Lipinski definition) is 2. The van der Waals surface area contributed by atoms with E-state index in [9.17, 15) is 9.90 Å². The summed E-state index contributed by atoms with van der Waals surface area (Å²) in [5, 5.41) is 16.9. The van der Waals surface area contributed by atoms with E-state index in [1.54, 1.807) is 6.07 Å². The number of amides is 1. The van der Waals surface area contributed by atoms with E-state index < -0.39 is 6.10 Å². The highest BCUT2D eigenvalue weighted by Crippen LogP contribution is 2.28. The second-order valence-electron chi connectivity index (χ2n) is 7.76. The molecule has 2 saturated heterocycles. The molecule has 0 unspecified atom stereocenters. The minimum absolute atomic E-state index is 0.135. The van der Waals surface area contributed by atoms with E-state index in [1.807, 2.05) is 20.8 Å². The lowest BCUT2D eigenvalue weighted by Gasteiger charge is -2.34. The number of aliphatic hydroxyl groups is 1. The van der Waals surface area contributed by atoms with Crippen LogP contribution in [0, 0.1) is 0 Å². The summed E-state index contributed by atoms with van der Waals surface area (Å²) in [6.07, 6.45) is 1.77. The Balaban J connectivity index is 1.67. The van der Waals surface area contributed by atoms with Gasteiger partial charge in [-0.1, -0.05) is 25.9 Å². The second-order valence-corrected chi connectivity index (χ2v) is 7.76. The molecule has 0 bridgehead atoms. The number of likely N-dealkylation sites (tertiary alicyclic amines) is 1. The number of β-amino-alcohol motifs (C(OH)–C–C–N with tert-alkyl or cyclic N) is 1. The summed E-state index contributed by atoms with van der Waals surface area (Å²) in [5.41, 5.74) is 0.662. The summed E-state index contributed by atoms with van der Waals surface area (Å²) in [6.45, 7) is 8.07. The molecule has 134 valence electrons. The lowest BCUT2D eigenvalue weighted by Crippen LogP contribution is -2.47. The molecule has 2 N–H and O–H groups in total. The summed E-state index contributed by atoms with van der Waals surface area (Å²) < 4.78 is 10.6. The van der Waals surface area contributed by atoms with Crippen molar-refractivity contribution in [3.8, 4) is 0 Å². The molecule has 2 aliphatic rings. The Morgan fingerprint density at radius 2 is 2.08 bits per heavy atom. The first kappa shape index (κ1) is 17.4. The highest BCUT2D eigenvalue weighted by Gasteiger charge is 2.40. The highest BCUT2D eigenvalue weighted by molar-refractivity contribution is 5.94. The molecule has 0 aliphatic carbocycles. The molecule has 0 saturated carbocycles. The maximum absolute atomic E-state index is 12.7. The summed E-state index contributed by atoms with van der Waals surface area (Å²) in [5.74, 6) is 0.216. The average Bonchev–Trinajstić information content (AvgIpc) is 3.14. The molecule has 1 aromatic heterocycles. The molecule has 1 amide bonds. The summed E-state index contributed by atoms with van der Waals surface area (Å²) in [4.78, 5) is 14.8. The van der Waals surface area contributed by atoms with E-state index in [-0.39, 0.29) is 23.4 Å². The fourth-order valence-corrected chi connectivity index (χ4v) is 3.41. The minimum atomic E-state index is -0.469. The fourth-order valence-electron chi connectivity index (χ4n) is 3.41. The van der Waals surface area contributed by atoms with E-state index in [4.69, 9.17) is 9.26 Å². The summed E-state index contributed by atoms with van der Waals surface area (Å²) in [7, 11) is 0. The monoisotopic (exact) mass is 337 g/mol. The molecule has 3 heterocycles. The van der Waals surface area contributed by atoms with Gasteiger partial charge in [0, 0.05) is 37.3 Å². The molecule has 0 spiro atoms. The Kier molecular flexibility index (Phi) is 4.94. The molecule has 7 nitrogen and oxygen atoms in total. The number of aliphatic hydroxyl groups excluding tert-OH is 1. The van der Waals surface area contributed by atoms with Gasteiger partial charge in [-0.2, -0.15) is 0 Å². The Bertz CT molecular complexity index is 575. The minimum Gasteiger partial charge on any atom is -0.392 e. The van der Waals surface area contributed by atoms with Gasteiger partial charge in [-0.15, -0.1) is 0 Å². The molecule has 3 rings (SSSR count). The van der Waals surface area contributed by atoms with E-state index in [1.165, 1.54) is 0 Å². The second kappa shape index (κ2) is 6.82. The van der Waals surface area contributed by atoms with Gasteiger partial charge in [-0.3, -0.25) is 15.0 Å². The van der Waals surface area contributed by atoms with Gasteiger partial charge in [-0.25, -0.2) is 0 Å². The Labute approximate surface area is 142 Å². The van der Waals surface area contributed by atoms with Crippen LogP contribution in [0.5, 0.6) is 0 Å². The number of carbonyl (C=O) groups excluding carboxylic acids is 1. The number of aromatic nitrogens is 1. The predicted molar refractivity (Wildman–Crippen MR) is 88.8 cm³/mol. The number of hydrogen-bond acceptors (Lipinski definition) is 6. The third-order valence-corrected chi connectivity index (χ3v) is 4.80. The van der Waals surface area contributed by atoms with Crippen LogP contribution in [0.2, 0.25) is 0 Å².